The van der Waals surface area contributed by atoms with E-state index in [9.17, 15) is 9.18 Å². The molecule has 1 heterocycles. The molecule has 0 radical (unpaired) electrons. The Hall–Kier alpha value is -1.88. The lowest BCUT2D eigenvalue weighted by Gasteiger charge is -2.07. The summed E-state index contributed by atoms with van der Waals surface area (Å²) in [5.74, 6) is -1.41. The van der Waals surface area contributed by atoms with Gasteiger partial charge in [-0.25, -0.2) is 9.18 Å². The van der Waals surface area contributed by atoms with Crippen LogP contribution in [0, 0.1) is 5.82 Å². The largest absolute Gasteiger partial charge is 0.488 e. The summed E-state index contributed by atoms with van der Waals surface area (Å²) in [5.41, 5.74) is 1.00. The number of carboxylic acid groups (broad SMARTS) is 1. The molecule has 1 aliphatic heterocycles. The van der Waals surface area contributed by atoms with Gasteiger partial charge in [-0.2, -0.15) is 0 Å². The summed E-state index contributed by atoms with van der Waals surface area (Å²) in [4.78, 5) is 10.5. The van der Waals surface area contributed by atoms with Crippen molar-refractivity contribution in [3.63, 3.8) is 0 Å². The van der Waals surface area contributed by atoms with Gasteiger partial charge in [-0.1, -0.05) is 6.07 Å². The maximum Gasteiger partial charge on any atom is 0.328 e. The normalized spacial score (nSPS) is 18.6. The van der Waals surface area contributed by atoms with E-state index in [2.05, 4.69) is 0 Å². The van der Waals surface area contributed by atoms with Crippen molar-refractivity contribution in [1.29, 1.82) is 0 Å². The van der Waals surface area contributed by atoms with Crippen LogP contribution in [0.15, 0.2) is 24.3 Å². The van der Waals surface area contributed by atoms with Crippen molar-refractivity contribution in [3.8, 4) is 5.75 Å². The number of aliphatic carboxylic acids is 1. The zero-order valence-corrected chi connectivity index (χ0v) is 9.85. The highest BCUT2D eigenvalue weighted by Gasteiger charge is 2.23. The number of allylic oxidation sites excluding steroid dienone is 1. The standard InChI is InChI=1S/C13H13FO4/c1-8(4-13(15)16)9-2-3-12(11(14)5-9)18-7-10-6-17-10/h2-5,10H,6-7H2,1H3,(H,15,16)/b8-4-. The number of ether oxygens (including phenoxy) is 2. The topological polar surface area (TPSA) is 59.1 Å². The predicted octanol–water partition coefficient (Wildman–Crippen LogP) is 2.09. The summed E-state index contributed by atoms with van der Waals surface area (Å²) in [5, 5.41) is 8.61. The van der Waals surface area contributed by atoms with Gasteiger partial charge in [0, 0.05) is 6.08 Å². The first-order valence-electron chi connectivity index (χ1n) is 5.52. The number of benzene rings is 1. The van der Waals surface area contributed by atoms with Gasteiger partial charge in [0.15, 0.2) is 11.6 Å². The molecule has 1 aromatic rings. The number of halogens is 1. The number of hydrogen-bond acceptors (Lipinski definition) is 3. The van der Waals surface area contributed by atoms with Crippen LogP contribution in [0.4, 0.5) is 4.39 Å². The van der Waals surface area contributed by atoms with Crippen LogP contribution in [-0.4, -0.2) is 30.4 Å². The Morgan fingerprint density at radius 3 is 2.94 bits per heavy atom. The number of epoxide rings is 1. The monoisotopic (exact) mass is 252 g/mol. The molecule has 0 spiro atoms. The minimum atomic E-state index is -1.06. The summed E-state index contributed by atoms with van der Waals surface area (Å²) < 4.78 is 23.9. The SMILES string of the molecule is C/C(=C/C(=O)O)c1ccc(OCC2CO2)c(F)c1. The minimum Gasteiger partial charge on any atom is -0.488 e. The zero-order chi connectivity index (χ0) is 13.1. The molecule has 1 saturated heterocycles. The summed E-state index contributed by atoms with van der Waals surface area (Å²) >= 11 is 0. The maximum atomic E-state index is 13.7. The third kappa shape index (κ3) is 3.30. The average Bonchev–Trinajstić information content (AvgIpc) is 3.10. The smallest absolute Gasteiger partial charge is 0.328 e. The maximum absolute atomic E-state index is 13.7. The summed E-state index contributed by atoms with van der Waals surface area (Å²) in [7, 11) is 0. The molecule has 0 amide bonds. The molecule has 1 unspecified atom stereocenters. The number of carboxylic acids is 1. The third-order valence-corrected chi connectivity index (χ3v) is 2.55. The lowest BCUT2D eigenvalue weighted by molar-refractivity contribution is -0.131. The van der Waals surface area contributed by atoms with Crippen molar-refractivity contribution in [2.24, 2.45) is 0 Å². The Morgan fingerprint density at radius 1 is 1.67 bits per heavy atom. The highest BCUT2D eigenvalue weighted by Crippen LogP contribution is 2.23. The molecule has 2 rings (SSSR count). The van der Waals surface area contributed by atoms with Gasteiger partial charge in [0.25, 0.3) is 0 Å². The fraction of sp³-hybridized carbons (Fsp3) is 0.308. The van der Waals surface area contributed by atoms with Crippen LogP contribution >= 0.6 is 0 Å². The molecule has 1 N–H and O–H groups in total. The molecule has 5 heteroatoms. The summed E-state index contributed by atoms with van der Waals surface area (Å²) in [6, 6.07) is 4.38. The predicted molar refractivity (Wildman–Crippen MR) is 62.9 cm³/mol. The molecule has 1 fully saturated rings. The Balaban J connectivity index is 2.10. The molecule has 1 atom stereocenters. The van der Waals surface area contributed by atoms with Gasteiger partial charge in [-0.15, -0.1) is 0 Å². The van der Waals surface area contributed by atoms with E-state index in [0.717, 1.165) is 6.08 Å². The van der Waals surface area contributed by atoms with Gasteiger partial charge < -0.3 is 14.6 Å². The van der Waals surface area contributed by atoms with Crippen molar-refractivity contribution < 1.29 is 23.8 Å². The first-order valence-corrected chi connectivity index (χ1v) is 5.52. The van der Waals surface area contributed by atoms with Crippen molar-refractivity contribution in [1.82, 2.24) is 0 Å². The van der Waals surface area contributed by atoms with E-state index in [4.69, 9.17) is 14.6 Å². The van der Waals surface area contributed by atoms with Crippen molar-refractivity contribution in [3.05, 3.63) is 35.7 Å². The Bertz CT molecular complexity index is 492. The van der Waals surface area contributed by atoms with Crippen LogP contribution in [0.3, 0.4) is 0 Å². The molecule has 18 heavy (non-hydrogen) atoms. The third-order valence-electron chi connectivity index (χ3n) is 2.55. The number of hydrogen-bond donors (Lipinski definition) is 1. The molecule has 0 aromatic heterocycles. The quantitative estimate of drug-likeness (QED) is 0.644. The highest BCUT2D eigenvalue weighted by molar-refractivity contribution is 5.89. The fourth-order valence-electron chi connectivity index (χ4n) is 1.48. The second kappa shape index (κ2) is 5.18. The molecular weight excluding hydrogens is 239 g/mol. The van der Waals surface area contributed by atoms with Gasteiger partial charge in [-0.3, -0.25) is 0 Å². The molecule has 96 valence electrons. The Kier molecular flexibility index (Phi) is 3.62. The minimum absolute atomic E-state index is 0.0673. The zero-order valence-electron chi connectivity index (χ0n) is 9.85. The van der Waals surface area contributed by atoms with Crippen LogP contribution < -0.4 is 4.74 Å². The molecular formula is C13H13FO4. The van der Waals surface area contributed by atoms with E-state index in [1.165, 1.54) is 12.1 Å². The first-order chi connectivity index (χ1) is 8.56. The average molecular weight is 252 g/mol. The Labute approximate surface area is 104 Å². The van der Waals surface area contributed by atoms with Crippen molar-refractivity contribution in [2.75, 3.05) is 13.2 Å². The lowest BCUT2D eigenvalue weighted by Crippen LogP contribution is -2.05. The summed E-state index contributed by atoms with van der Waals surface area (Å²) in [6.45, 7) is 2.60. The van der Waals surface area contributed by atoms with Gasteiger partial charge in [0.1, 0.15) is 12.7 Å². The molecule has 0 bridgehead atoms. The molecule has 4 nitrogen and oxygen atoms in total. The second-order valence-corrected chi connectivity index (χ2v) is 4.08. The van der Waals surface area contributed by atoms with Crippen LogP contribution in [0.1, 0.15) is 12.5 Å². The fourth-order valence-corrected chi connectivity index (χ4v) is 1.48. The van der Waals surface area contributed by atoms with E-state index in [-0.39, 0.29) is 11.9 Å². The van der Waals surface area contributed by atoms with Crippen molar-refractivity contribution >= 4 is 11.5 Å². The second-order valence-electron chi connectivity index (χ2n) is 4.08. The number of rotatable bonds is 5. The van der Waals surface area contributed by atoms with Crippen LogP contribution in [0.2, 0.25) is 0 Å². The number of carbonyl (C=O) groups is 1. The van der Waals surface area contributed by atoms with Gasteiger partial charge in [0.05, 0.1) is 6.61 Å². The van der Waals surface area contributed by atoms with E-state index in [1.807, 2.05) is 0 Å². The molecule has 0 aliphatic carbocycles. The van der Waals surface area contributed by atoms with E-state index >= 15 is 0 Å². The summed E-state index contributed by atoms with van der Waals surface area (Å²) in [6.07, 6.45) is 1.10. The van der Waals surface area contributed by atoms with Crippen LogP contribution in [0.25, 0.3) is 5.57 Å². The van der Waals surface area contributed by atoms with Crippen molar-refractivity contribution in [2.45, 2.75) is 13.0 Å². The van der Waals surface area contributed by atoms with Crippen LogP contribution in [0.5, 0.6) is 5.75 Å². The molecule has 1 aromatic carbocycles. The molecule has 0 saturated carbocycles. The van der Waals surface area contributed by atoms with Gasteiger partial charge in [0.2, 0.25) is 0 Å². The lowest BCUT2D eigenvalue weighted by atomic mass is 10.1. The Morgan fingerprint density at radius 2 is 2.39 bits per heavy atom. The molecule has 1 aliphatic rings. The van der Waals surface area contributed by atoms with E-state index in [0.29, 0.717) is 24.4 Å². The highest BCUT2D eigenvalue weighted by atomic mass is 19.1. The first kappa shape index (κ1) is 12.6. The van der Waals surface area contributed by atoms with E-state index < -0.39 is 11.8 Å². The van der Waals surface area contributed by atoms with Crippen LogP contribution in [-0.2, 0) is 9.53 Å². The van der Waals surface area contributed by atoms with E-state index in [1.54, 1.807) is 13.0 Å². The van der Waals surface area contributed by atoms with Gasteiger partial charge in [-0.05, 0) is 30.2 Å². The van der Waals surface area contributed by atoms with Gasteiger partial charge >= 0.3 is 5.97 Å².